The lowest BCUT2D eigenvalue weighted by Crippen LogP contribution is -2.51. The molecule has 0 unspecified atom stereocenters. The van der Waals surface area contributed by atoms with Gasteiger partial charge in [0, 0.05) is 13.1 Å². The van der Waals surface area contributed by atoms with Crippen LogP contribution in [0.5, 0.6) is 0 Å². The van der Waals surface area contributed by atoms with Crippen molar-refractivity contribution in [1.82, 2.24) is 10.2 Å². The number of anilines is 1. The molecule has 3 aromatic carbocycles. The van der Waals surface area contributed by atoms with E-state index in [-0.39, 0.29) is 17.3 Å². The van der Waals surface area contributed by atoms with Gasteiger partial charge in [0.15, 0.2) is 0 Å². The van der Waals surface area contributed by atoms with Crippen LogP contribution in [0.15, 0.2) is 77.7 Å². The summed E-state index contributed by atoms with van der Waals surface area (Å²) in [5.74, 6) is -1.34. The molecule has 202 valence electrons. The molecule has 0 spiro atoms. The highest BCUT2D eigenvalue weighted by molar-refractivity contribution is 7.92. The molecule has 2 amide bonds. The Labute approximate surface area is 224 Å². The molecule has 0 bridgehead atoms. The van der Waals surface area contributed by atoms with Crippen LogP contribution in [0.4, 0.5) is 10.1 Å². The van der Waals surface area contributed by atoms with E-state index >= 15 is 0 Å². The van der Waals surface area contributed by atoms with Gasteiger partial charge in [0.05, 0.1) is 10.6 Å². The molecule has 1 atom stereocenters. The van der Waals surface area contributed by atoms with Gasteiger partial charge in [-0.15, -0.1) is 0 Å². The third-order valence-corrected chi connectivity index (χ3v) is 7.99. The maximum Gasteiger partial charge on any atom is 0.264 e. The quantitative estimate of drug-likeness (QED) is 0.387. The normalized spacial score (nSPS) is 12.0. The van der Waals surface area contributed by atoms with E-state index in [1.807, 2.05) is 19.9 Å². The Hall–Kier alpha value is -3.72. The summed E-state index contributed by atoms with van der Waals surface area (Å²) in [5, 5.41) is 2.79. The van der Waals surface area contributed by atoms with Crippen LogP contribution in [0.3, 0.4) is 0 Å². The summed E-state index contributed by atoms with van der Waals surface area (Å²) >= 11 is 0. The first kappa shape index (κ1) is 28.8. The number of sulfonamides is 1. The Morgan fingerprint density at radius 1 is 0.974 bits per heavy atom. The minimum absolute atomic E-state index is 0.00588. The van der Waals surface area contributed by atoms with Crippen molar-refractivity contribution >= 4 is 27.5 Å². The van der Waals surface area contributed by atoms with Gasteiger partial charge in [-0.25, -0.2) is 12.8 Å². The Kier molecular flexibility index (Phi) is 9.63. The van der Waals surface area contributed by atoms with Crippen LogP contribution in [0.1, 0.15) is 37.0 Å². The van der Waals surface area contributed by atoms with Crippen molar-refractivity contribution in [3.63, 3.8) is 0 Å². The SMILES string of the molecule is CCCNC(=O)[C@@H](C)N(Cc1ccc(F)cc1)C(=O)CN(c1ccc(C)cc1C)S(=O)(=O)c1ccccc1. The summed E-state index contributed by atoms with van der Waals surface area (Å²) in [4.78, 5) is 28.1. The number of aryl methyl sites for hydroxylation is 2. The van der Waals surface area contributed by atoms with Crippen LogP contribution in [-0.4, -0.2) is 44.3 Å². The third kappa shape index (κ3) is 6.98. The first-order valence-corrected chi connectivity index (χ1v) is 13.9. The van der Waals surface area contributed by atoms with Crippen molar-refractivity contribution in [2.75, 3.05) is 17.4 Å². The maximum atomic E-state index is 13.8. The molecule has 9 heteroatoms. The van der Waals surface area contributed by atoms with Gasteiger partial charge in [-0.05, 0) is 68.7 Å². The first-order chi connectivity index (χ1) is 18.0. The molecule has 7 nitrogen and oxygen atoms in total. The van der Waals surface area contributed by atoms with Crippen LogP contribution in [0, 0.1) is 19.7 Å². The molecule has 0 fully saturated rings. The monoisotopic (exact) mass is 539 g/mol. The van der Waals surface area contributed by atoms with Crippen LogP contribution in [0.2, 0.25) is 0 Å². The molecular formula is C29H34FN3O4S. The predicted molar refractivity (Wildman–Crippen MR) is 147 cm³/mol. The second-order valence-corrected chi connectivity index (χ2v) is 11.1. The molecule has 0 aliphatic heterocycles. The molecule has 3 rings (SSSR count). The topological polar surface area (TPSA) is 86.8 Å². The third-order valence-electron chi connectivity index (χ3n) is 6.21. The van der Waals surface area contributed by atoms with Crippen molar-refractivity contribution in [2.45, 2.75) is 51.6 Å². The first-order valence-electron chi connectivity index (χ1n) is 12.5. The number of rotatable bonds is 11. The van der Waals surface area contributed by atoms with E-state index in [1.165, 1.54) is 41.3 Å². The number of hydrogen-bond acceptors (Lipinski definition) is 4. The van der Waals surface area contributed by atoms with Gasteiger partial charge in [0.1, 0.15) is 18.4 Å². The number of benzene rings is 3. The lowest BCUT2D eigenvalue weighted by atomic mass is 10.1. The minimum Gasteiger partial charge on any atom is -0.354 e. The summed E-state index contributed by atoms with van der Waals surface area (Å²) in [6.07, 6.45) is 0.722. The fraction of sp³-hybridized carbons (Fsp3) is 0.310. The smallest absolute Gasteiger partial charge is 0.264 e. The highest BCUT2D eigenvalue weighted by Crippen LogP contribution is 2.28. The summed E-state index contributed by atoms with van der Waals surface area (Å²) in [6.45, 7) is 7.14. The zero-order valence-corrected chi connectivity index (χ0v) is 23.0. The molecule has 0 saturated heterocycles. The Morgan fingerprint density at radius 3 is 2.24 bits per heavy atom. The van der Waals surface area contributed by atoms with Gasteiger partial charge >= 0.3 is 0 Å². The van der Waals surface area contributed by atoms with Crippen LogP contribution in [0.25, 0.3) is 0 Å². The number of nitrogens with one attached hydrogen (secondary N) is 1. The molecule has 0 radical (unpaired) electrons. The van der Waals surface area contributed by atoms with Gasteiger partial charge in [-0.2, -0.15) is 0 Å². The fourth-order valence-electron chi connectivity index (χ4n) is 4.08. The van der Waals surface area contributed by atoms with Gasteiger partial charge in [-0.1, -0.05) is 55.0 Å². The molecule has 0 aromatic heterocycles. The van der Waals surface area contributed by atoms with E-state index in [4.69, 9.17) is 0 Å². The summed E-state index contributed by atoms with van der Waals surface area (Å²) in [6, 6.07) is 18.0. The van der Waals surface area contributed by atoms with E-state index in [0.717, 1.165) is 16.3 Å². The molecule has 0 aliphatic carbocycles. The lowest BCUT2D eigenvalue weighted by molar-refractivity contribution is -0.139. The number of hydrogen-bond donors (Lipinski definition) is 1. The number of amides is 2. The molecule has 0 aliphatic rings. The van der Waals surface area contributed by atoms with Crippen molar-refractivity contribution in [3.05, 3.63) is 95.3 Å². The average molecular weight is 540 g/mol. The van der Waals surface area contributed by atoms with Crippen molar-refractivity contribution in [1.29, 1.82) is 0 Å². The van der Waals surface area contributed by atoms with Gasteiger partial charge in [0.25, 0.3) is 10.0 Å². The minimum atomic E-state index is -4.12. The van der Waals surface area contributed by atoms with E-state index in [2.05, 4.69) is 5.32 Å². The summed E-state index contributed by atoms with van der Waals surface area (Å²) in [7, 11) is -4.12. The summed E-state index contributed by atoms with van der Waals surface area (Å²) in [5.41, 5.74) is 2.63. The number of halogens is 1. The number of carbonyl (C=O) groups excluding carboxylic acids is 2. The van der Waals surface area contributed by atoms with E-state index in [1.54, 1.807) is 44.2 Å². The molecule has 1 N–H and O–H groups in total. The van der Waals surface area contributed by atoms with E-state index in [0.29, 0.717) is 23.4 Å². The second-order valence-electron chi connectivity index (χ2n) is 9.23. The maximum absolute atomic E-state index is 13.8. The Morgan fingerprint density at radius 2 is 1.63 bits per heavy atom. The highest BCUT2D eigenvalue weighted by atomic mass is 32.2. The van der Waals surface area contributed by atoms with Crippen molar-refractivity contribution in [3.8, 4) is 0 Å². The summed E-state index contributed by atoms with van der Waals surface area (Å²) < 4.78 is 42.2. The molecular weight excluding hydrogens is 505 g/mol. The molecule has 38 heavy (non-hydrogen) atoms. The number of nitrogens with zero attached hydrogens (tertiary/aromatic N) is 2. The van der Waals surface area contributed by atoms with Gasteiger partial charge in [0.2, 0.25) is 11.8 Å². The van der Waals surface area contributed by atoms with Crippen LogP contribution >= 0.6 is 0 Å². The Balaban J connectivity index is 2.03. The zero-order valence-electron chi connectivity index (χ0n) is 22.1. The zero-order chi connectivity index (χ0) is 27.9. The predicted octanol–water partition coefficient (Wildman–Crippen LogP) is 4.58. The van der Waals surface area contributed by atoms with E-state index < -0.39 is 34.3 Å². The van der Waals surface area contributed by atoms with Gasteiger partial charge in [-0.3, -0.25) is 13.9 Å². The molecule has 0 saturated carbocycles. The molecule has 0 heterocycles. The lowest BCUT2D eigenvalue weighted by Gasteiger charge is -2.32. The second kappa shape index (κ2) is 12.7. The fourth-order valence-corrected chi connectivity index (χ4v) is 5.58. The van der Waals surface area contributed by atoms with Crippen molar-refractivity contribution in [2.24, 2.45) is 0 Å². The standard InChI is InChI=1S/C29H34FN3O4S/c1-5-17-31-29(35)23(4)32(19-24-12-14-25(30)15-13-24)28(34)20-33(27-16-11-21(2)18-22(27)3)38(36,37)26-9-7-6-8-10-26/h6-16,18,23H,5,17,19-20H2,1-4H3,(H,31,35)/t23-/m1/s1. The average Bonchev–Trinajstić information content (AvgIpc) is 2.90. The van der Waals surface area contributed by atoms with E-state index in [9.17, 15) is 22.4 Å². The largest absolute Gasteiger partial charge is 0.354 e. The van der Waals surface area contributed by atoms with Crippen molar-refractivity contribution < 1.29 is 22.4 Å². The van der Waals surface area contributed by atoms with Crippen LogP contribution < -0.4 is 9.62 Å². The number of carbonyl (C=O) groups is 2. The van der Waals surface area contributed by atoms with Gasteiger partial charge < -0.3 is 10.2 Å². The molecule has 3 aromatic rings. The highest BCUT2D eigenvalue weighted by Gasteiger charge is 2.33. The van der Waals surface area contributed by atoms with Crippen LogP contribution in [-0.2, 0) is 26.2 Å². The Bertz CT molecular complexity index is 1360.